The van der Waals surface area contributed by atoms with Crippen LogP contribution in [0.25, 0.3) is 5.52 Å². The van der Waals surface area contributed by atoms with Crippen LogP contribution in [0.15, 0.2) is 24.4 Å². The molecule has 0 spiro atoms. The smallest absolute Gasteiger partial charge is 0.262 e. The molecule has 1 amide bonds. The van der Waals surface area contributed by atoms with Gasteiger partial charge in [0.25, 0.3) is 5.91 Å². The number of amides is 1. The number of pyridine rings is 1. The van der Waals surface area contributed by atoms with Crippen LogP contribution in [0.4, 0.5) is 5.95 Å². The third-order valence-corrected chi connectivity index (χ3v) is 3.60. The van der Waals surface area contributed by atoms with E-state index in [0.29, 0.717) is 17.2 Å². The molecule has 0 aliphatic rings. The molecule has 3 aromatic heterocycles. The first-order valence-electron chi connectivity index (χ1n) is 7.44. The van der Waals surface area contributed by atoms with E-state index in [-0.39, 0.29) is 11.3 Å². The quantitative estimate of drug-likeness (QED) is 0.788. The van der Waals surface area contributed by atoms with Crippen LogP contribution in [0.1, 0.15) is 42.6 Å². The summed E-state index contributed by atoms with van der Waals surface area (Å²) in [7, 11) is 1.82. The first-order chi connectivity index (χ1) is 10.8. The molecule has 3 rings (SSSR count). The molecule has 120 valence electrons. The third-order valence-electron chi connectivity index (χ3n) is 3.60. The van der Waals surface area contributed by atoms with Gasteiger partial charge in [0, 0.05) is 18.7 Å². The van der Waals surface area contributed by atoms with Crippen molar-refractivity contribution >= 4 is 17.4 Å². The lowest BCUT2D eigenvalue weighted by molar-refractivity contribution is 0.102. The summed E-state index contributed by atoms with van der Waals surface area (Å²) in [5.74, 6) is 0.858. The van der Waals surface area contributed by atoms with Crippen molar-refractivity contribution in [2.24, 2.45) is 7.05 Å². The van der Waals surface area contributed by atoms with E-state index in [1.807, 2.05) is 38.4 Å². The minimum absolute atomic E-state index is 0.148. The van der Waals surface area contributed by atoms with E-state index >= 15 is 0 Å². The summed E-state index contributed by atoms with van der Waals surface area (Å²) in [6.45, 7) is 7.97. The van der Waals surface area contributed by atoms with Crippen molar-refractivity contribution < 1.29 is 4.79 Å². The fraction of sp³-hybridized carbons (Fsp3) is 0.375. The van der Waals surface area contributed by atoms with E-state index in [9.17, 15) is 4.79 Å². The Morgan fingerprint density at radius 1 is 1.22 bits per heavy atom. The third kappa shape index (κ3) is 2.69. The summed E-state index contributed by atoms with van der Waals surface area (Å²) >= 11 is 0. The highest BCUT2D eigenvalue weighted by atomic mass is 16.1. The van der Waals surface area contributed by atoms with E-state index < -0.39 is 0 Å². The van der Waals surface area contributed by atoms with Crippen molar-refractivity contribution in [1.29, 1.82) is 0 Å². The maximum atomic E-state index is 12.6. The van der Waals surface area contributed by atoms with Gasteiger partial charge in [-0.25, -0.2) is 4.52 Å². The summed E-state index contributed by atoms with van der Waals surface area (Å²) in [4.78, 5) is 17.1. The number of anilines is 1. The monoisotopic (exact) mass is 312 g/mol. The number of hydrogen-bond donors (Lipinski definition) is 1. The number of aryl methyl sites for hydroxylation is 2. The molecule has 0 atom stereocenters. The van der Waals surface area contributed by atoms with Gasteiger partial charge in [0.15, 0.2) is 0 Å². The van der Waals surface area contributed by atoms with Gasteiger partial charge in [-0.2, -0.15) is 10.1 Å². The van der Waals surface area contributed by atoms with Gasteiger partial charge in [-0.05, 0) is 19.1 Å². The molecule has 7 nitrogen and oxygen atoms in total. The summed E-state index contributed by atoms with van der Waals surface area (Å²) in [5.41, 5.74) is 1.82. The van der Waals surface area contributed by atoms with Crippen LogP contribution < -0.4 is 5.32 Å². The first kappa shape index (κ1) is 15.2. The van der Waals surface area contributed by atoms with Crippen LogP contribution in [-0.2, 0) is 12.5 Å². The van der Waals surface area contributed by atoms with E-state index in [0.717, 1.165) is 11.3 Å². The Labute approximate surface area is 134 Å². The molecule has 3 heterocycles. The second-order valence-electron chi connectivity index (χ2n) is 6.58. The number of rotatable bonds is 2. The fourth-order valence-corrected chi connectivity index (χ4v) is 2.65. The van der Waals surface area contributed by atoms with Gasteiger partial charge in [-0.15, -0.1) is 5.10 Å². The topological polar surface area (TPSA) is 77.1 Å². The standard InChI is InChI=1S/C16H20N6O/c1-10-12(11-8-6-7-9-22(11)19-10)13(23)17-15-18-14(16(2,3)4)21(5)20-15/h6-9H,1-5H3,(H,17,20,23). The normalized spacial score (nSPS) is 11.9. The Morgan fingerprint density at radius 2 is 1.96 bits per heavy atom. The van der Waals surface area contributed by atoms with Crippen molar-refractivity contribution in [3.63, 3.8) is 0 Å². The van der Waals surface area contributed by atoms with Gasteiger partial charge in [0.05, 0.1) is 16.8 Å². The van der Waals surface area contributed by atoms with Crippen LogP contribution in [-0.4, -0.2) is 30.3 Å². The minimum Gasteiger partial charge on any atom is -0.289 e. The van der Waals surface area contributed by atoms with Crippen LogP contribution >= 0.6 is 0 Å². The molecule has 0 bridgehead atoms. The van der Waals surface area contributed by atoms with Crippen molar-refractivity contribution in [2.75, 3.05) is 5.32 Å². The second kappa shape index (κ2) is 5.19. The van der Waals surface area contributed by atoms with E-state index in [1.54, 1.807) is 9.20 Å². The summed E-state index contributed by atoms with van der Waals surface area (Å²) in [5, 5.41) is 11.4. The maximum Gasteiger partial charge on any atom is 0.262 e. The zero-order chi connectivity index (χ0) is 16.8. The number of nitrogens with zero attached hydrogens (tertiary/aromatic N) is 5. The van der Waals surface area contributed by atoms with Crippen LogP contribution in [0, 0.1) is 6.92 Å². The SMILES string of the molecule is Cc1nn2ccccc2c1C(=O)Nc1nc(C(C)(C)C)n(C)n1. The lowest BCUT2D eigenvalue weighted by Crippen LogP contribution is -2.17. The molecule has 0 aromatic carbocycles. The lowest BCUT2D eigenvalue weighted by Gasteiger charge is -2.15. The van der Waals surface area contributed by atoms with Gasteiger partial charge in [0.2, 0.25) is 5.95 Å². The molecule has 0 radical (unpaired) electrons. The van der Waals surface area contributed by atoms with Crippen molar-refractivity contribution in [2.45, 2.75) is 33.1 Å². The highest BCUT2D eigenvalue weighted by Crippen LogP contribution is 2.21. The molecule has 3 aromatic rings. The average Bonchev–Trinajstić information content (AvgIpc) is 2.97. The predicted octanol–water partition coefficient (Wildman–Crippen LogP) is 2.32. The largest absolute Gasteiger partial charge is 0.289 e. The van der Waals surface area contributed by atoms with E-state index in [2.05, 4.69) is 41.3 Å². The van der Waals surface area contributed by atoms with Crippen LogP contribution in [0.3, 0.4) is 0 Å². The maximum absolute atomic E-state index is 12.6. The number of nitrogens with one attached hydrogen (secondary N) is 1. The van der Waals surface area contributed by atoms with Crippen molar-refractivity contribution in [1.82, 2.24) is 24.4 Å². The molecule has 7 heteroatoms. The number of fused-ring (bicyclic) bond motifs is 1. The fourth-order valence-electron chi connectivity index (χ4n) is 2.65. The Hall–Kier alpha value is -2.70. The molecular weight excluding hydrogens is 292 g/mol. The average molecular weight is 312 g/mol. The Kier molecular flexibility index (Phi) is 3.43. The van der Waals surface area contributed by atoms with Gasteiger partial charge >= 0.3 is 0 Å². The molecule has 0 aliphatic carbocycles. The number of hydrogen-bond acceptors (Lipinski definition) is 4. The highest BCUT2D eigenvalue weighted by molar-refractivity contribution is 6.09. The van der Waals surface area contributed by atoms with E-state index in [1.165, 1.54) is 0 Å². The molecule has 23 heavy (non-hydrogen) atoms. The first-order valence-corrected chi connectivity index (χ1v) is 7.44. The van der Waals surface area contributed by atoms with Crippen molar-refractivity contribution in [3.05, 3.63) is 41.5 Å². The van der Waals surface area contributed by atoms with Gasteiger partial charge < -0.3 is 0 Å². The minimum atomic E-state index is -0.255. The van der Waals surface area contributed by atoms with E-state index in [4.69, 9.17) is 0 Å². The zero-order valence-corrected chi connectivity index (χ0v) is 14.0. The van der Waals surface area contributed by atoms with Crippen LogP contribution in [0.2, 0.25) is 0 Å². The molecule has 0 fully saturated rings. The molecule has 0 saturated heterocycles. The predicted molar refractivity (Wildman–Crippen MR) is 87.6 cm³/mol. The molecular formula is C16H20N6O. The molecule has 1 N–H and O–H groups in total. The summed E-state index contributed by atoms with van der Waals surface area (Å²) < 4.78 is 3.38. The lowest BCUT2D eigenvalue weighted by atomic mass is 9.96. The van der Waals surface area contributed by atoms with Gasteiger partial charge in [0.1, 0.15) is 5.82 Å². The summed E-state index contributed by atoms with van der Waals surface area (Å²) in [6.07, 6.45) is 1.82. The number of carbonyl (C=O) groups is 1. The Morgan fingerprint density at radius 3 is 2.61 bits per heavy atom. The Balaban J connectivity index is 1.94. The number of carbonyl (C=O) groups excluding carboxylic acids is 1. The van der Waals surface area contributed by atoms with Crippen LogP contribution in [0.5, 0.6) is 0 Å². The molecule has 0 aliphatic heterocycles. The van der Waals surface area contributed by atoms with Gasteiger partial charge in [-0.3, -0.25) is 14.8 Å². The zero-order valence-electron chi connectivity index (χ0n) is 14.0. The van der Waals surface area contributed by atoms with Gasteiger partial charge in [-0.1, -0.05) is 26.8 Å². The second-order valence-corrected chi connectivity index (χ2v) is 6.58. The highest BCUT2D eigenvalue weighted by Gasteiger charge is 2.23. The molecule has 0 unspecified atom stereocenters. The molecule has 0 saturated carbocycles. The Bertz CT molecular complexity index is 884. The van der Waals surface area contributed by atoms with Crippen molar-refractivity contribution in [3.8, 4) is 0 Å². The summed E-state index contributed by atoms with van der Waals surface area (Å²) in [6, 6.07) is 5.61. The number of aromatic nitrogens is 5.